The maximum Gasteiger partial charge on any atom is 0.325 e. The van der Waals surface area contributed by atoms with E-state index in [0.29, 0.717) is 24.7 Å². The molecule has 1 aliphatic rings. The fourth-order valence-electron chi connectivity index (χ4n) is 2.19. The number of benzene rings is 1. The fourth-order valence-corrected chi connectivity index (χ4v) is 3.08. The van der Waals surface area contributed by atoms with Gasteiger partial charge in [-0.25, -0.2) is 8.42 Å². The molecule has 0 spiro atoms. The molecule has 0 unspecified atom stereocenters. The SMILES string of the molecule is CCOC(=O)CN(c1ccc(S(=O)(=O)CC)cc1)C1COC1. The highest BCUT2D eigenvalue weighted by Crippen LogP contribution is 2.23. The number of esters is 1. The zero-order valence-corrected chi connectivity index (χ0v) is 13.6. The highest BCUT2D eigenvalue weighted by atomic mass is 32.2. The Hall–Kier alpha value is -1.60. The molecule has 122 valence electrons. The molecular weight excluding hydrogens is 306 g/mol. The lowest BCUT2D eigenvalue weighted by molar-refractivity contribution is -0.141. The topological polar surface area (TPSA) is 72.9 Å². The molecule has 1 aliphatic heterocycles. The van der Waals surface area contributed by atoms with Gasteiger partial charge in [-0.3, -0.25) is 4.79 Å². The van der Waals surface area contributed by atoms with E-state index in [1.165, 1.54) is 0 Å². The van der Waals surface area contributed by atoms with Gasteiger partial charge in [-0.15, -0.1) is 0 Å². The molecule has 0 bridgehead atoms. The van der Waals surface area contributed by atoms with Crippen LogP contribution in [0.5, 0.6) is 0 Å². The van der Waals surface area contributed by atoms with Crippen LogP contribution in [0.25, 0.3) is 0 Å². The minimum atomic E-state index is -3.22. The van der Waals surface area contributed by atoms with Crippen LogP contribution in [0.2, 0.25) is 0 Å². The Labute approximate surface area is 130 Å². The van der Waals surface area contributed by atoms with Crippen LogP contribution in [0.4, 0.5) is 5.69 Å². The highest BCUT2D eigenvalue weighted by molar-refractivity contribution is 7.91. The Balaban J connectivity index is 2.19. The number of hydrogen-bond donors (Lipinski definition) is 0. The van der Waals surface area contributed by atoms with E-state index in [2.05, 4.69) is 0 Å². The number of sulfone groups is 1. The van der Waals surface area contributed by atoms with E-state index in [-0.39, 0.29) is 24.3 Å². The van der Waals surface area contributed by atoms with E-state index in [1.54, 1.807) is 38.1 Å². The fraction of sp³-hybridized carbons (Fsp3) is 0.533. The lowest BCUT2D eigenvalue weighted by atomic mass is 10.1. The Morgan fingerprint density at radius 1 is 1.27 bits per heavy atom. The maximum absolute atomic E-state index is 11.8. The predicted molar refractivity (Wildman–Crippen MR) is 82.8 cm³/mol. The summed E-state index contributed by atoms with van der Waals surface area (Å²) in [6, 6.07) is 6.70. The van der Waals surface area contributed by atoms with Gasteiger partial charge in [0.15, 0.2) is 9.84 Å². The van der Waals surface area contributed by atoms with Crippen LogP contribution in [-0.4, -0.2) is 52.5 Å². The van der Waals surface area contributed by atoms with Crippen molar-refractivity contribution in [2.75, 3.05) is 37.0 Å². The molecule has 1 heterocycles. The van der Waals surface area contributed by atoms with Gasteiger partial charge in [0.25, 0.3) is 0 Å². The smallest absolute Gasteiger partial charge is 0.325 e. The molecule has 0 atom stereocenters. The second-order valence-electron chi connectivity index (χ2n) is 5.02. The lowest BCUT2D eigenvalue weighted by Gasteiger charge is -2.38. The van der Waals surface area contributed by atoms with Crippen LogP contribution in [0, 0.1) is 0 Å². The van der Waals surface area contributed by atoms with E-state index < -0.39 is 9.84 Å². The molecule has 0 N–H and O–H groups in total. The van der Waals surface area contributed by atoms with Gasteiger partial charge in [0, 0.05) is 5.69 Å². The van der Waals surface area contributed by atoms with Gasteiger partial charge in [0.05, 0.1) is 36.5 Å². The standard InChI is InChI=1S/C15H21NO5S/c1-3-21-15(17)9-16(13-10-20-11-13)12-5-7-14(8-6-12)22(18,19)4-2/h5-8,13H,3-4,9-11H2,1-2H3. The maximum atomic E-state index is 11.8. The van der Waals surface area contributed by atoms with E-state index in [0.717, 1.165) is 5.69 Å². The molecule has 1 fully saturated rings. The van der Waals surface area contributed by atoms with E-state index in [9.17, 15) is 13.2 Å². The average molecular weight is 327 g/mol. The molecular formula is C15H21NO5S. The number of anilines is 1. The Morgan fingerprint density at radius 3 is 2.36 bits per heavy atom. The van der Waals surface area contributed by atoms with E-state index >= 15 is 0 Å². The minimum Gasteiger partial charge on any atom is -0.465 e. The molecule has 6 nitrogen and oxygen atoms in total. The number of carbonyl (C=O) groups excluding carboxylic acids is 1. The van der Waals surface area contributed by atoms with Crippen LogP contribution >= 0.6 is 0 Å². The first kappa shape index (κ1) is 16.8. The molecule has 2 rings (SSSR count). The van der Waals surface area contributed by atoms with Gasteiger partial charge in [-0.1, -0.05) is 6.92 Å². The van der Waals surface area contributed by atoms with E-state index in [4.69, 9.17) is 9.47 Å². The summed E-state index contributed by atoms with van der Waals surface area (Å²) < 4.78 is 33.9. The highest BCUT2D eigenvalue weighted by Gasteiger charge is 2.28. The van der Waals surface area contributed by atoms with Crippen molar-refractivity contribution >= 4 is 21.5 Å². The molecule has 0 aromatic heterocycles. The zero-order valence-electron chi connectivity index (χ0n) is 12.8. The van der Waals surface area contributed by atoms with Crippen molar-refractivity contribution in [2.45, 2.75) is 24.8 Å². The van der Waals surface area contributed by atoms with Crippen LogP contribution in [0.15, 0.2) is 29.2 Å². The first-order valence-electron chi connectivity index (χ1n) is 7.30. The van der Waals surface area contributed by atoms with Crippen molar-refractivity contribution in [1.29, 1.82) is 0 Å². The Morgan fingerprint density at radius 2 is 1.91 bits per heavy atom. The number of hydrogen-bond acceptors (Lipinski definition) is 6. The zero-order chi connectivity index (χ0) is 16.2. The van der Waals surface area contributed by atoms with Gasteiger partial charge in [0.2, 0.25) is 0 Å². The summed E-state index contributed by atoms with van der Waals surface area (Å²) in [5.74, 6) is -0.241. The average Bonchev–Trinajstić information content (AvgIpc) is 2.45. The molecule has 0 amide bonds. The number of ether oxygens (including phenoxy) is 2. The minimum absolute atomic E-state index is 0.0648. The number of rotatable bonds is 7. The monoisotopic (exact) mass is 327 g/mol. The summed E-state index contributed by atoms with van der Waals surface area (Å²) in [4.78, 5) is 13.9. The molecule has 0 aliphatic carbocycles. The molecule has 0 saturated carbocycles. The van der Waals surface area contributed by atoms with Crippen LogP contribution < -0.4 is 4.90 Å². The predicted octanol–water partition coefficient (Wildman–Crippen LogP) is 1.25. The third-order valence-corrected chi connectivity index (χ3v) is 5.32. The molecule has 7 heteroatoms. The molecule has 1 saturated heterocycles. The van der Waals surface area contributed by atoms with Gasteiger partial charge in [-0.05, 0) is 31.2 Å². The summed E-state index contributed by atoms with van der Waals surface area (Å²) in [6.07, 6.45) is 0. The molecule has 22 heavy (non-hydrogen) atoms. The summed E-state index contributed by atoms with van der Waals surface area (Å²) in [5.41, 5.74) is 0.788. The van der Waals surface area contributed by atoms with Crippen molar-refractivity contribution in [1.82, 2.24) is 0 Å². The normalized spacial score (nSPS) is 15.2. The third kappa shape index (κ3) is 3.78. The van der Waals surface area contributed by atoms with Crippen molar-refractivity contribution in [2.24, 2.45) is 0 Å². The van der Waals surface area contributed by atoms with Crippen molar-refractivity contribution in [3.8, 4) is 0 Å². The lowest BCUT2D eigenvalue weighted by Crippen LogP contribution is -2.51. The van der Waals surface area contributed by atoms with Crippen LogP contribution in [0.1, 0.15) is 13.8 Å². The van der Waals surface area contributed by atoms with Crippen molar-refractivity contribution in [3.05, 3.63) is 24.3 Å². The van der Waals surface area contributed by atoms with Crippen LogP contribution in [0.3, 0.4) is 0 Å². The summed E-state index contributed by atoms with van der Waals surface area (Å²) in [5, 5.41) is 0. The largest absolute Gasteiger partial charge is 0.465 e. The van der Waals surface area contributed by atoms with Gasteiger partial charge < -0.3 is 14.4 Å². The molecule has 1 aromatic carbocycles. The Bertz CT molecular complexity index is 607. The second kappa shape index (κ2) is 7.11. The summed E-state index contributed by atoms with van der Waals surface area (Å²) >= 11 is 0. The van der Waals surface area contributed by atoms with Crippen molar-refractivity contribution < 1.29 is 22.7 Å². The molecule has 1 aromatic rings. The van der Waals surface area contributed by atoms with Crippen LogP contribution in [-0.2, 0) is 24.1 Å². The summed E-state index contributed by atoms with van der Waals surface area (Å²) in [7, 11) is -3.22. The quantitative estimate of drug-likeness (QED) is 0.702. The second-order valence-corrected chi connectivity index (χ2v) is 7.30. The van der Waals surface area contributed by atoms with Crippen molar-refractivity contribution in [3.63, 3.8) is 0 Å². The Kier molecular flexibility index (Phi) is 5.42. The third-order valence-electron chi connectivity index (χ3n) is 3.57. The number of nitrogens with zero attached hydrogens (tertiary/aromatic N) is 1. The number of carbonyl (C=O) groups is 1. The molecule has 0 radical (unpaired) electrons. The van der Waals surface area contributed by atoms with Gasteiger partial charge in [0.1, 0.15) is 6.54 Å². The first-order chi connectivity index (χ1) is 10.5. The summed E-state index contributed by atoms with van der Waals surface area (Å²) in [6.45, 7) is 4.94. The van der Waals surface area contributed by atoms with Gasteiger partial charge in [-0.2, -0.15) is 0 Å². The first-order valence-corrected chi connectivity index (χ1v) is 8.96. The van der Waals surface area contributed by atoms with E-state index in [1.807, 2.05) is 4.90 Å². The van der Waals surface area contributed by atoms with Gasteiger partial charge >= 0.3 is 5.97 Å².